The van der Waals surface area contributed by atoms with Crippen LogP contribution in [0.5, 0.6) is 0 Å². The van der Waals surface area contributed by atoms with Crippen molar-refractivity contribution in [2.24, 2.45) is 0 Å². The van der Waals surface area contributed by atoms with Crippen molar-refractivity contribution < 1.29 is 13.9 Å². The quantitative estimate of drug-likeness (QED) is 0.812. The van der Waals surface area contributed by atoms with Crippen molar-refractivity contribution in [2.75, 3.05) is 0 Å². The third-order valence-corrected chi connectivity index (χ3v) is 3.32. The van der Waals surface area contributed by atoms with Crippen molar-refractivity contribution in [1.82, 2.24) is 0 Å². The highest BCUT2D eigenvalue weighted by atomic mass is 79.9. The molecule has 94 valence electrons. The molecule has 2 aromatic carbocycles. The van der Waals surface area contributed by atoms with Crippen LogP contribution in [0, 0.1) is 11.6 Å². The molecule has 0 aliphatic heterocycles. The normalized spacial score (nSPS) is 12.5. The molecule has 1 atom stereocenters. The summed E-state index contributed by atoms with van der Waals surface area (Å²) >= 11 is 6.59. The van der Waals surface area contributed by atoms with Gasteiger partial charge in [0.15, 0.2) is 0 Å². The second-order valence-corrected chi connectivity index (χ2v) is 5.64. The molecule has 1 unspecified atom stereocenters. The first-order chi connectivity index (χ1) is 8.45. The van der Waals surface area contributed by atoms with E-state index in [9.17, 15) is 13.9 Å². The van der Waals surface area contributed by atoms with E-state index >= 15 is 0 Å². The SMILES string of the molecule is OC(c1cc(F)cc(F)c1)c1cc(Br)cc(Br)c1. The van der Waals surface area contributed by atoms with Gasteiger partial charge in [-0.15, -0.1) is 0 Å². The summed E-state index contributed by atoms with van der Waals surface area (Å²) in [6.07, 6.45) is -1.08. The Kier molecular flexibility index (Phi) is 4.14. The lowest BCUT2D eigenvalue weighted by atomic mass is 10.0. The van der Waals surface area contributed by atoms with E-state index in [4.69, 9.17) is 0 Å². The Bertz CT molecular complexity index is 495. The number of rotatable bonds is 2. The number of benzene rings is 2. The molecule has 0 heterocycles. The fourth-order valence-electron chi connectivity index (χ4n) is 1.66. The van der Waals surface area contributed by atoms with Crippen LogP contribution in [-0.2, 0) is 0 Å². The second-order valence-electron chi connectivity index (χ2n) is 3.81. The van der Waals surface area contributed by atoms with Crippen LogP contribution in [0.25, 0.3) is 0 Å². The van der Waals surface area contributed by atoms with Gasteiger partial charge in [-0.25, -0.2) is 8.78 Å². The summed E-state index contributed by atoms with van der Waals surface area (Å²) in [5.41, 5.74) is 0.721. The zero-order chi connectivity index (χ0) is 13.3. The molecule has 0 saturated heterocycles. The topological polar surface area (TPSA) is 20.2 Å². The fourth-order valence-corrected chi connectivity index (χ4v) is 2.99. The lowest BCUT2D eigenvalue weighted by Crippen LogP contribution is -2.01. The van der Waals surface area contributed by atoms with E-state index in [0.29, 0.717) is 5.56 Å². The summed E-state index contributed by atoms with van der Waals surface area (Å²) < 4.78 is 27.7. The maximum atomic E-state index is 13.1. The molecule has 0 aromatic heterocycles. The molecule has 0 aliphatic rings. The Morgan fingerprint density at radius 1 is 0.778 bits per heavy atom. The first kappa shape index (κ1) is 13.6. The van der Waals surface area contributed by atoms with E-state index in [2.05, 4.69) is 31.9 Å². The first-order valence-corrected chi connectivity index (χ1v) is 6.64. The number of aliphatic hydroxyl groups is 1. The van der Waals surface area contributed by atoms with Crippen molar-refractivity contribution in [1.29, 1.82) is 0 Å². The van der Waals surface area contributed by atoms with Crippen molar-refractivity contribution in [3.8, 4) is 0 Å². The van der Waals surface area contributed by atoms with Gasteiger partial charge in [0.1, 0.15) is 17.7 Å². The summed E-state index contributed by atoms with van der Waals surface area (Å²) in [4.78, 5) is 0. The molecule has 0 aliphatic carbocycles. The lowest BCUT2D eigenvalue weighted by molar-refractivity contribution is 0.219. The number of aliphatic hydroxyl groups excluding tert-OH is 1. The van der Waals surface area contributed by atoms with Crippen LogP contribution in [-0.4, -0.2) is 5.11 Å². The third-order valence-electron chi connectivity index (χ3n) is 2.40. The van der Waals surface area contributed by atoms with Crippen LogP contribution in [0.4, 0.5) is 8.78 Å². The molecule has 0 radical (unpaired) electrons. The van der Waals surface area contributed by atoms with Gasteiger partial charge < -0.3 is 5.11 Å². The van der Waals surface area contributed by atoms with Crippen molar-refractivity contribution in [2.45, 2.75) is 6.10 Å². The molecule has 2 aromatic rings. The second kappa shape index (κ2) is 5.47. The Morgan fingerprint density at radius 3 is 1.72 bits per heavy atom. The standard InChI is InChI=1S/C13H8Br2F2O/c14-9-1-7(2-10(15)5-9)13(18)8-3-11(16)6-12(17)4-8/h1-6,13,18H. The van der Waals surface area contributed by atoms with E-state index in [0.717, 1.165) is 27.1 Å². The number of halogens is 4. The van der Waals surface area contributed by atoms with Gasteiger partial charge in [-0.3, -0.25) is 0 Å². The minimum Gasteiger partial charge on any atom is -0.384 e. The van der Waals surface area contributed by atoms with Crippen LogP contribution < -0.4 is 0 Å². The van der Waals surface area contributed by atoms with E-state index < -0.39 is 17.7 Å². The monoisotopic (exact) mass is 376 g/mol. The van der Waals surface area contributed by atoms with Gasteiger partial charge in [0.2, 0.25) is 0 Å². The maximum Gasteiger partial charge on any atom is 0.126 e. The molecule has 18 heavy (non-hydrogen) atoms. The van der Waals surface area contributed by atoms with E-state index in [-0.39, 0.29) is 5.56 Å². The van der Waals surface area contributed by atoms with Gasteiger partial charge in [0.25, 0.3) is 0 Å². The highest BCUT2D eigenvalue weighted by Crippen LogP contribution is 2.28. The van der Waals surface area contributed by atoms with Crippen molar-refractivity contribution in [3.63, 3.8) is 0 Å². The average Bonchev–Trinajstić information content (AvgIpc) is 2.25. The Balaban J connectivity index is 2.43. The van der Waals surface area contributed by atoms with Crippen LogP contribution in [0.3, 0.4) is 0 Å². The van der Waals surface area contributed by atoms with E-state index in [1.54, 1.807) is 12.1 Å². The Hall–Kier alpha value is -0.780. The minimum atomic E-state index is -1.08. The van der Waals surface area contributed by atoms with Gasteiger partial charge in [0.05, 0.1) is 0 Å². The zero-order valence-electron chi connectivity index (χ0n) is 9.00. The maximum absolute atomic E-state index is 13.1. The molecule has 0 fully saturated rings. The highest BCUT2D eigenvalue weighted by molar-refractivity contribution is 9.11. The summed E-state index contributed by atoms with van der Waals surface area (Å²) in [7, 11) is 0. The molecule has 0 bridgehead atoms. The molecule has 0 spiro atoms. The lowest BCUT2D eigenvalue weighted by Gasteiger charge is -2.12. The van der Waals surface area contributed by atoms with Crippen LogP contribution in [0.1, 0.15) is 17.2 Å². The molecular weight excluding hydrogens is 370 g/mol. The predicted molar refractivity (Wildman–Crippen MR) is 72.3 cm³/mol. The Morgan fingerprint density at radius 2 is 1.22 bits per heavy atom. The van der Waals surface area contributed by atoms with E-state index in [1.165, 1.54) is 0 Å². The van der Waals surface area contributed by atoms with Gasteiger partial charge in [-0.05, 0) is 41.5 Å². The molecule has 1 N–H and O–H groups in total. The number of hydrogen-bond acceptors (Lipinski definition) is 1. The molecule has 2 rings (SSSR count). The van der Waals surface area contributed by atoms with Crippen LogP contribution in [0.2, 0.25) is 0 Å². The van der Waals surface area contributed by atoms with Gasteiger partial charge in [0, 0.05) is 15.0 Å². The smallest absolute Gasteiger partial charge is 0.126 e. The first-order valence-electron chi connectivity index (χ1n) is 5.06. The van der Waals surface area contributed by atoms with Crippen LogP contribution >= 0.6 is 31.9 Å². The van der Waals surface area contributed by atoms with Crippen LogP contribution in [0.15, 0.2) is 45.3 Å². The summed E-state index contributed by atoms with van der Waals surface area (Å²) in [6, 6.07) is 8.19. The molecular formula is C13H8Br2F2O. The summed E-state index contributed by atoms with van der Waals surface area (Å²) in [6.45, 7) is 0. The number of hydrogen-bond donors (Lipinski definition) is 1. The van der Waals surface area contributed by atoms with Gasteiger partial charge in [-0.2, -0.15) is 0 Å². The Labute approximate surface area is 120 Å². The highest BCUT2D eigenvalue weighted by Gasteiger charge is 2.14. The fraction of sp³-hybridized carbons (Fsp3) is 0.0769. The van der Waals surface area contributed by atoms with Crippen molar-refractivity contribution in [3.05, 3.63) is 68.1 Å². The van der Waals surface area contributed by atoms with Crippen molar-refractivity contribution >= 4 is 31.9 Å². The molecule has 0 amide bonds. The predicted octanol–water partition coefficient (Wildman–Crippen LogP) is 4.57. The van der Waals surface area contributed by atoms with Gasteiger partial charge in [-0.1, -0.05) is 31.9 Å². The summed E-state index contributed by atoms with van der Waals surface area (Å²) in [5, 5.41) is 10.1. The van der Waals surface area contributed by atoms with Gasteiger partial charge >= 0.3 is 0 Å². The third kappa shape index (κ3) is 3.16. The molecule has 1 nitrogen and oxygen atoms in total. The average molecular weight is 378 g/mol. The summed E-state index contributed by atoms with van der Waals surface area (Å²) in [5.74, 6) is -1.42. The molecule has 0 saturated carbocycles. The molecule has 5 heteroatoms. The zero-order valence-corrected chi connectivity index (χ0v) is 12.2. The largest absolute Gasteiger partial charge is 0.384 e. The van der Waals surface area contributed by atoms with E-state index in [1.807, 2.05) is 6.07 Å². The minimum absolute atomic E-state index is 0.178.